The number of benzene rings is 1. The Bertz CT molecular complexity index is 1540. The van der Waals surface area contributed by atoms with Crippen LogP contribution in [0, 0.1) is 5.92 Å². The minimum absolute atomic E-state index is 0.121. The average molecular weight is 495 g/mol. The largest absolute Gasteiger partial charge is 0.423 e. The number of rotatable bonds is 8. The molecule has 186 valence electrons. The lowest BCUT2D eigenvalue weighted by atomic mass is 9.87. The van der Waals surface area contributed by atoms with Gasteiger partial charge in [0.15, 0.2) is 0 Å². The molecule has 2 N–H and O–H groups in total. The van der Waals surface area contributed by atoms with Gasteiger partial charge in [0, 0.05) is 49.2 Å². The monoisotopic (exact) mass is 494 g/mol. The molecular weight excluding hydrogens is 468 g/mol. The molecule has 0 aliphatic heterocycles. The second kappa shape index (κ2) is 10.5. The molecule has 0 fully saturated rings. The zero-order valence-corrected chi connectivity index (χ0v) is 20.7. The fraction of sp³-hybridized carbons (Fsp3) is 0.222. The van der Waals surface area contributed by atoms with E-state index in [1.807, 2.05) is 24.3 Å². The average Bonchev–Trinajstić information content (AvgIpc) is 3.50. The summed E-state index contributed by atoms with van der Waals surface area (Å²) in [5.74, 6) is 1.42. The first-order chi connectivity index (χ1) is 18.0. The maximum absolute atomic E-state index is 12.3. The fourth-order valence-electron chi connectivity index (χ4n) is 4.26. The highest BCUT2D eigenvalue weighted by Crippen LogP contribution is 2.31. The van der Waals surface area contributed by atoms with E-state index in [4.69, 9.17) is 4.42 Å². The number of carbonyl (C=O) groups is 1. The number of nitrogens with zero attached hydrogens (tertiary/aromatic N) is 6. The maximum Gasteiger partial charge on any atom is 0.251 e. The first-order valence-corrected chi connectivity index (χ1v) is 11.9. The number of amides is 1. The van der Waals surface area contributed by atoms with Crippen molar-refractivity contribution in [3.63, 3.8) is 0 Å². The summed E-state index contributed by atoms with van der Waals surface area (Å²) in [5.41, 5.74) is 4.83. The summed E-state index contributed by atoms with van der Waals surface area (Å²) >= 11 is 0. The van der Waals surface area contributed by atoms with Crippen LogP contribution in [0.1, 0.15) is 35.7 Å². The van der Waals surface area contributed by atoms with E-state index >= 15 is 0 Å². The molecule has 0 aliphatic rings. The van der Waals surface area contributed by atoms with Gasteiger partial charge >= 0.3 is 0 Å². The summed E-state index contributed by atoms with van der Waals surface area (Å²) in [6, 6.07) is 11.5. The van der Waals surface area contributed by atoms with Gasteiger partial charge in [-0.1, -0.05) is 32.0 Å². The van der Waals surface area contributed by atoms with Crippen LogP contribution in [0.25, 0.3) is 33.6 Å². The van der Waals surface area contributed by atoms with Gasteiger partial charge in [0.2, 0.25) is 12.3 Å². The molecule has 10 nitrogen and oxygen atoms in total. The van der Waals surface area contributed by atoms with Crippen LogP contribution in [0.4, 0.5) is 5.82 Å². The number of aromatic nitrogens is 6. The van der Waals surface area contributed by atoms with Gasteiger partial charge in [-0.2, -0.15) is 0 Å². The smallest absolute Gasteiger partial charge is 0.251 e. The molecule has 0 bridgehead atoms. The van der Waals surface area contributed by atoms with Crippen LogP contribution in [-0.2, 0) is 0 Å². The number of carbonyl (C=O) groups excluding carboxylic acids is 1. The van der Waals surface area contributed by atoms with Crippen molar-refractivity contribution < 1.29 is 9.21 Å². The Kier molecular flexibility index (Phi) is 6.80. The van der Waals surface area contributed by atoms with E-state index < -0.39 is 0 Å². The number of nitrogens with one attached hydrogen (secondary N) is 2. The lowest BCUT2D eigenvalue weighted by Crippen LogP contribution is -2.19. The van der Waals surface area contributed by atoms with Crippen LogP contribution in [-0.4, -0.2) is 49.6 Å². The second-order valence-corrected chi connectivity index (χ2v) is 8.82. The van der Waals surface area contributed by atoms with Gasteiger partial charge in [0.05, 0.1) is 22.3 Å². The molecular formula is C27H26N8O2. The summed E-state index contributed by atoms with van der Waals surface area (Å²) < 4.78 is 5.28. The topological polar surface area (TPSA) is 132 Å². The quantitative estimate of drug-likeness (QED) is 0.323. The van der Waals surface area contributed by atoms with Crippen LogP contribution < -0.4 is 10.6 Å². The second-order valence-electron chi connectivity index (χ2n) is 8.82. The zero-order chi connectivity index (χ0) is 25.8. The van der Waals surface area contributed by atoms with Gasteiger partial charge < -0.3 is 15.1 Å². The molecule has 0 spiro atoms. The standard InChI is InChI=1S/C27H26N8O2/c1-16(17(2)20-5-4-6-21-22(26(36)28-3)7-8-30-25(20)21)11-31-24-10-23(32-14-33-24)18-9-19(13-29-12-18)27-35-34-15-37-27/h4-10,12-17H,11H2,1-3H3,(H,28,36)(H,31,32,33)/t16-,17?/m1/s1. The maximum atomic E-state index is 12.3. The highest BCUT2D eigenvalue weighted by Gasteiger charge is 2.19. The van der Waals surface area contributed by atoms with Crippen LogP contribution >= 0.6 is 0 Å². The van der Waals surface area contributed by atoms with Crippen molar-refractivity contribution in [3.05, 3.63) is 78.8 Å². The molecule has 4 heterocycles. The van der Waals surface area contributed by atoms with Crippen molar-refractivity contribution in [2.75, 3.05) is 18.9 Å². The molecule has 0 aliphatic carbocycles. The molecule has 37 heavy (non-hydrogen) atoms. The SMILES string of the molecule is CNC(=O)c1ccnc2c(C(C)[C@H](C)CNc3cc(-c4cncc(-c5nnco5)c4)ncn3)cccc12. The molecule has 5 aromatic rings. The van der Waals surface area contributed by atoms with Crippen LogP contribution in [0.5, 0.6) is 0 Å². The Morgan fingerprint density at radius 2 is 1.92 bits per heavy atom. The van der Waals surface area contributed by atoms with E-state index in [1.165, 1.54) is 12.7 Å². The summed E-state index contributed by atoms with van der Waals surface area (Å²) in [6.07, 6.45) is 7.90. The van der Waals surface area contributed by atoms with Gasteiger partial charge in [-0.05, 0) is 29.5 Å². The third kappa shape index (κ3) is 4.99. The predicted octanol–water partition coefficient (Wildman–Crippen LogP) is 4.35. The normalized spacial score (nSPS) is 12.7. The minimum atomic E-state index is -0.121. The summed E-state index contributed by atoms with van der Waals surface area (Å²) in [6.45, 7) is 5.04. The number of hydrogen-bond donors (Lipinski definition) is 2. The van der Waals surface area contributed by atoms with Gasteiger partial charge in [0.25, 0.3) is 5.91 Å². The van der Waals surface area contributed by atoms with Crippen molar-refractivity contribution in [1.82, 2.24) is 35.5 Å². The van der Waals surface area contributed by atoms with Crippen LogP contribution in [0.2, 0.25) is 0 Å². The lowest BCUT2D eigenvalue weighted by Gasteiger charge is -2.22. The lowest BCUT2D eigenvalue weighted by molar-refractivity contribution is 0.0964. The molecule has 0 saturated heterocycles. The van der Waals surface area contributed by atoms with Crippen molar-refractivity contribution >= 4 is 22.6 Å². The Hall–Kier alpha value is -4.73. The molecule has 0 radical (unpaired) electrons. The van der Waals surface area contributed by atoms with Crippen molar-refractivity contribution in [1.29, 1.82) is 0 Å². The van der Waals surface area contributed by atoms with Gasteiger partial charge in [0.1, 0.15) is 12.1 Å². The van der Waals surface area contributed by atoms with E-state index in [2.05, 4.69) is 60.7 Å². The Morgan fingerprint density at radius 3 is 2.73 bits per heavy atom. The van der Waals surface area contributed by atoms with Crippen LogP contribution in [0.15, 0.2) is 72.1 Å². The predicted molar refractivity (Wildman–Crippen MR) is 140 cm³/mol. The van der Waals surface area contributed by atoms with E-state index in [1.54, 1.807) is 31.7 Å². The first kappa shape index (κ1) is 24.0. The van der Waals surface area contributed by atoms with E-state index in [0.29, 0.717) is 29.4 Å². The number of para-hydroxylation sites is 1. The number of hydrogen-bond acceptors (Lipinski definition) is 9. The third-order valence-electron chi connectivity index (χ3n) is 6.53. The molecule has 1 unspecified atom stereocenters. The van der Waals surface area contributed by atoms with Crippen molar-refractivity contribution in [3.8, 4) is 22.7 Å². The molecule has 1 amide bonds. The fourth-order valence-corrected chi connectivity index (χ4v) is 4.26. The first-order valence-electron chi connectivity index (χ1n) is 11.9. The number of anilines is 1. The zero-order valence-electron chi connectivity index (χ0n) is 20.7. The Balaban J connectivity index is 1.32. The van der Waals surface area contributed by atoms with Crippen molar-refractivity contribution in [2.45, 2.75) is 19.8 Å². The molecule has 1 aromatic carbocycles. The van der Waals surface area contributed by atoms with Gasteiger partial charge in [-0.15, -0.1) is 10.2 Å². The summed E-state index contributed by atoms with van der Waals surface area (Å²) in [5, 5.41) is 14.7. The van der Waals surface area contributed by atoms with E-state index in [0.717, 1.165) is 27.7 Å². The number of fused-ring (bicyclic) bond motifs is 1. The van der Waals surface area contributed by atoms with Gasteiger partial charge in [-0.25, -0.2) is 9.97 Å². The van der Waals surface area contributed by atoms with E-state index in [9.17, 15) is 4.79 Å². The summed E-state index contributed by atoms with van der Waals surface area (Å²) in [4.78, 5) is 30.0. The highest BCUT2D eigenvalue weighted by molar-refractivity contribution is 6.06. The Morgan fingerprint density at radius 1 is 1.05 bits per heavy atom. The van der Waals surface area contributed by atoms with Crippen molar-refractivity contribution in [2.24, 2.45) is 5.92 Å². The number of pyridine rings is 2. The molecule has 4 aromatic heterocycles. The van der Waals surface area contributed by atoms with Gasteiger partial charge in [-0.3, -0.25) is 14.8 Å². The minimum Gasteiger partial charge on any atom is -0.423 e. The molecule has 10 heteroatoms. The Labute approximate surface area is 213 Å². The molecule has 2 atom stereocenters. The summed E-state index contributed by atoms with van der Waals surface area (Å²) in [7, 11) is 1.63. The molecule has 0 saturated carbocycles. The third-order valence-corrected chi connectivity index (χ3v) is 6.53. The highest BCUT2D eigenvalue weighted by atomic mass is 16.4. The van der Waals surface area contributed by atoms with Crippen LogP contribution in [0.3, 0.4) is 0 Å². The molecule has 5 rings (SSSR count). The van der Waals surface area contributed by atoms with E-state index in [-0.39, 0.29) is 17.7 Å².